The average molecular weight is 255 g/mol. The lowest BCUT2D eigenvalue weighted by Crippen LogP contribution is -2.34. The lowest BCUT2D eigenvalue weighted by Gasteiger charge is -2.22. The van der Waals surface area contributed by atoms with Crippen LogP contribution in [0.15, 0.2) is 18.2 Å². The van der Waals surface area contributed by atoms with E-state index in [1.54, 1.807) is 18.2 Å². The van der Waals surface area contributed by atoms with E-state index < -0.39 is 5.41 Å². The lowest BCUT2D eigenvalue weighted by molar-refractivity contribution is -0.123. The average Bonchev–Trinajstić information content (AvgIpc) is 2.44. The molecule has 0 aliphatic carbocycles. The van der Waals surface area contributed by atoms with Gasteiger partial charge >= 0.3 is 0 Å². The summed E-state index contributed by atoms with van der Waals surface area (Å²) in [5, 5.41) is 20.9. The minimum atomic E-state index is -1.00. The van der Waals surface area contributed by atoms with Gasteiger partial charge in [0.15, 0.2) is 0 Å². The van der Waals surface area contributed by atoms with Gasteiger partial charge in [-0.2, -0.15) is 10.5 Å². The fraction of sp³-hybridized carbons (Fsp3) is 0.400. The number of carbonyl (C=O) groups is 1. The molecular weight excluding hydrogens is 238 g/mol. The van der Waals surface area contributed by atoms with Crippen LogP contribution in [0.3, 0.4) is 0 Å². The molecule has 0 spiro atoms. The molecule has 1 N–H and O–H groups in total. The van der Waals surface area contributed by atoms with Crippen LogP contribution in [0.4, 0.5) is 5.69 Å². The summed E-state index contributed by atoms with van der Waals surface area (Å²) in [5.74, 6) is -0.307. The van der Waals surface area contributed by atoms with E-state index in [4.69, 9.17) is 5.26 Å². The smallest absolute Gasteiger partial charge is 0.244 e. The standard InChI is InChI=1S/C15H17N3O/c1-4-15(5-2,10-17)14(19)18-13-8-12(9-16)7-6-11(13)3/h6-8H,4-5H2,1-3H3,(H,18,19). The van der Waals surface area contributed by atoms with Crippen LogP contribution in [0, 0.1) is 35.0 Å². The number of nitrogens with zero attached hydrogens (tertiary/aromatic N) is 2. The van der Waals surface area contributed by atoms with E-state index in [1.807, 2.05) is 26.8 Å². The number of benzene rings is 1. The predicted molar refractivity (Wildman–Crippen MR) is 73.2 cm³/mol. The summed E-state index contributed by atoms with van der Waals surface area (Å²) in [5.41, 5.74) is 0.933. The molecule has 0 aliphatic heterocycles. The van der Waals surface area contributed by atoms with Crippen molar-refractivity contribution in [2.75, 3.05) is 5.32 Å². The molecule has 4 heteroatoms. The van der Waals surface area contributed by atoms with Gasteiger partial charge in [0.1, 0.15) is 5.41 Å². The second-order valence-electron chi connectivity index (χ2n) is 4.50. The van der Waals surface area contributed by atoms with Crippen molar-refractivity contribution in [3.63, 3.8) is 0 Å². The van der Waals surface area contributed by atoms with Crippen molar-refractivity contribution < 1.29 is 4.79 Å². The molecule has 4 nitrogen and oxygen atoms in total. The summed E-state index contributed by atoms with van der Waals surface area (Å²) in [6, 6.07) is 9.24. The van der Waals surface area contributed by atoms with Crippen molar-refractivity contribution in [3.8, 4) is 12.1 Å². The SMILES string of the molecule is CCC(C#N)(CC)C(=O)Nc1cc(C#N)ccc1C. The molecule has 0 heterocycles. The van der Waals surface area contributed by atoms with Gasteiger partial charge in [-0.15, -0.1) is 0 Å². The van der Waals surface area contributed by atoms with Crippen LogP contribution in [-0.4, -0.2) is 5.91 Å². The molecule has 1 amide bonds. The van der Waals surface area contributed by atoms with Gasteiger partial charge in [0.05, 0.1) is 17.7 Å². The number of aryl methyl sites for hydroxylation is 1. The van der Waals surface area contributed by atoms with Crippen LogP contribution in [0.1, 0.15) is 37.8 Å². The highest BCUT2D eigenvalue weighted by Crippen LogP contribution is 2.28. The number of anilines is 1. The van der Waals surface area contributed by atoms with E-state index in [2.05, 4.69) is 11.4 Å². The van der Waals surface area contributed by atoms with Crippen LogP contribution in [-0.2, 0) is 4.79 Å². The molecular formula is C15H17N3O. The maximum absolute atomic E-state index is 12.3. The second-order valence-corrected chi connectivity index (χ2v) is 4.50. The summed E-state index contributed by atoms with van der Waals surface area (Å²) in [4.78, 5) is 12.3. The molecule has 0 saturated carbocycles. The minimum Gasteiger partial charge on any atom is -0.324 e. The third-order valence-electron chi connectivity index (χ3n) is 3.47. The summed E-state index contributed by atoms with van der Waals surface area (Å²) < 4.78 is 0. The summed E-state index contributed by atoms with van der Waals surface area (Å²) in [7, 11) is 0. The van der Waals surface area contributed by atoms with Crippen molar-refractivity contribution in [2.45, 2.75) is 33.6 Å². The number of nitriles is 2. The molecule has 0 aromatic heterocycles. The topological polar surface area (TPSA) is 76.7 Å². The molecule has 1 rings (SSSR count). The third-order valence-corrected chi connectivity index (χ3v) is 3.47. The van der Waals surface area contributed by atoms with E-state index in [0.29, 0.717) is 24.1 Å². The third kappa shape index (κ3) is 2.92. The monoisotopic (exact) mass is 255 g/mol. The lowest BCUT2D eigenvalue weighted by atomic mass is 9.83. The Kier molecular flexibility index (Phi) is 4.67. The van der Waals surface area contributed by atoms with Crippen LogP contribution in [0.5, 0.6) is 0 Å². The molecule has 1 aromatic carbocycles. The van der Waals surface area contributed by atoms with Gasteiger partial charge in [-0.3, -0.25) is 4.79 Å². The van der Waals surface area contributed by atoms with Gasteiger partial charge in [0.2, 0.25) is 5.91 Å². The van der Waals surface area contributed by atoms with Gasteiger partial charge in [-0.1, -0.05) is 19.9 Å². The van der Waals surface area contributed by atoms with Crippen LogP contribution >= 0.6 is 0 Å². The zero-order valence-corrected chi connectivity index (χ0v) is 11.4. The minimum absolute atomic E-state index is 0.307. The molecule has 19 heavy (non-hydrogen) atoms. The first-order chi connectivity index (χ1) is 9.02. The van der Waals surface area contributed by atoms with Gasteiger partial charge < -0.3 is 5.32 Å². The van der Waals surface area contributed by atoms with Crippen molar-refractivity contribution in [3.05, 3.63) is 29.3 Å². The molecule has 0 radical (unpaired) electrons. The van der Waals surface area contributed by atoms with E-state index >= 15 is 0 Å². The van der Waals surface area contributed by atoms with Crippen LogP contribution < -0.4 is 5.32 Å². The Morgan fingerprint density at radius 3 is 2.42 bits per heavy atom. The first-order valence-corrected chi connectivity index (χ1v) is 6.26. The molecule has 0 bridgehead atoms. The summed E-state index contributed by atoms with van der Waals surface area (Å²) in [6.45, 7) is 5.50. The van der Waals surface area contributed by atoms with E-state index in [9.17, 15) is 10.1 Å². The van der Waals surface area contributed by atoms with E-state index in [-0.39, 0.29) is 5.91 Å². The Labute approximate surface area is 113 Å². The fourth-order valence-corrected chi connectivity index (χ4v) is 1.85. The Morgan fingerprint density at radius 2 is 1.95 bits per heavy atom. The molecule has 98 valence electrons. The van der Waals surface area contributed by atoms with Crippen molar-refractivity contribution in [1.29, 1.82) is 10.5 Å². The molecule has 1 aromatic rings. The Bertz CT molecular complexity index is 560. The number of nitrogens with one attached hydrogen (secondary N) is 1. The Balaban J connectivity index is 3.07. The zero-order valence-electron chi connectivity index (χ0n) is 11.4. The number of amides is 1. The van der Waals surface area contributed by atoms with Crippen molar-refractivity contribution >= 4 is 11.6 Å². The maximum Gasteiger partial charge on any atom is 0.244 e. The largest absolute Gasteiger partial charge is 0.324 e. The molecule has 0 unspecified atom stereocenters. The molecule has 0 fully saturated rings. The number of hydrogen-bond acceptors (Lipinski definition) is 3. The zero-order chi connectivity index (χ0) is 14.5. The van der Waals surface area contributed by atoms with Gasteiger partial charge in [0.25, 0.3) is 0 Å². The first-order valence-electron chi connectivity index (χ1n) is 6.26. The van der Waals surface area contributed by atoms with Gasteiger partial charge in [0, 0.05) is 5.69 Å². The van der Waals surface area contributed by atoms with Crippen LogP contribution in [0.2, 0.25) is 0 Å². The molecule has 0 atom stereocenters. The normalized spacial score (nSPS) is 10.4. The number of hydrogen-bond donors (Lipinski definition) is 1. The van der Waals surface area contributed by atoms with Gasteiger partial charge in [-0.05, 0) is 37.5 Å². The quantitative estimate of drug-likeness (QED) is 0.897. The number of carbonyl (C=O) groups excluding carboxylic acids is 1. The molecule has 0 saturated heterocycles. The Hall–Kier alpha value is -2.33. The fourth-order valence-electron chi connectivity index (χ4n) is 1.85. The molecule has 0 aliphatic rings. The summed E-state index contributed by atoms with van der Waals surface area (Å²) >= 11 is 0. The summed E-state index contributed by atoms with van der Waals surface area (Å²) in [6.07, 6.45) is 0.922. The Morgan fingerprint density at radius 1 is 1.32 bits per heavy atom. The van der Waals surface area contributed by atoms with Crippen molar-refractivity contribution in [2.24, 2.45) is 5.41 Å². The maximum atomic E-state index is 12.3. The van der Waals surface area contributed by atoms with Gasteiger partial charge in [-0.25, -0.2) is 0 Å². The predicted octanol–water partition coefficient (Wildman–Crippen LogP) is 3.14. The first kappa shape index (κ1) is 14.7. The highest BCUT2D eigenvalue weighted by atomic mass is 16.2. The second kappa shape index (κ2) is 6.02. The number of rotatable bonds is 4. The van der Waals surface area contributed by atoms with E-state index in [0.717, 1.165) is 5.56 Å². The van der Waals surface area contributed by atoms with E-state index in [1.165, 1.54) is 0 Å². The van der Waals surface area contributed by atoms with Crippen LogP contribution in [0.25, 0.3) is 0 Å². The highest BCUT2D eigenvalue weighted by Gasteiger charge is 2.35. The highest BCUT2D eigenvalue weighted by molar-refractivity contribution is 5.97. The van der Waals surface area contributed by atoms with Crippen molar-refractivity contribution in [1.82, 2.24) is 0 Å².